The maximum absolute atomic E-state index is 11.1. The van der Waals surface area contributed by atoms with Gasteiger partial charge < -0.3 is 43.2 Å². The molecule has 0 amide bonds. The minimum absolute atomic E-state index is 0.209. The largest absolute Gasteiger partial charge is 0.460 e. The van der Waals surface area contributed by atoms with Gasteiger partial charge in [-0.15, -0.1) is 0 Å². The highest BCUT2D eigenvalue weighted by atomic mass is 16.6. The number of hydrogen-bond donors (Lipinski definition) is 1. The van der Waals surface area contributed by atoms with Crippen LogP contribution in [0.25, 0.3) is 0 Å². The number of nitrogens with one attached hydrogen (secondary N) is 1. The van der Waals surface area contributed by atoms with Crippen LogP contribution in [0.2, 0.25) is 0 Å². The van der Waals surface area contributed by atoms with E-state index in [1.807, 2.05) is 7.05 Å². The Labute approximate surface area is 186 Å². The Balaban J connectivity index is 3.05. The van der Waals surface area contributed by atoms with Crippen LogP contribution in [0.3, 0.4) is 0 Å². The third-order valence-electron chi connectivity index (χ3n) is 3.54. The molecule has 10 heteroatoms. The lowest BCUT2D eigenvalue weighted by atomic mass is 10.4. The third kappa shape index (κ3) is 25.0. The molecule has 0 radical (unpaired) electrons. The highest BCUT2D eigenvalue weighted by molar-refractivity contribution is 5.86. The monoisotopic (exact) mass is 451 g/mol. The molecule has 0 heterocycles. The summed E-state index contributed by atoms with van der Waals surface area (Å²) < 4.78 is 42.5. The first kappa shape index (κ1) is 29.9. The molecule has 0 aromatic carbocycles. The molecule has 0 fully saturated rings. The van der Waals surface area contributed by atoms with Crippen LogP contribution in [0.4, 0.5) is 0 Å². The second-order valence-corrected chi connectivity index (χ2v) is 6.31. The van der Waals surface area contributed by atoms with E-state index in [0.717, 1.165) is 6.54 Å². The molecule has 31 heavy (non-hydrogen) atoms. The highest BCUT2D eigenvalue weighted by Crippen LogP contribution is 1.91. The summed E-state index contributed by atoms with van der Waals surface area (Å²) in [5.74, 6) is -0.406. The molecule has 0 aliphatic carbocycles. The smallest absolute Gasteiger partial charge is 0.333 e. The summed E-state index contributed by atoms with van der Waals surface area (Å²) in [5.41, 5.74) is 0.376. The Morgan fingerprint density at radius 3 is 1.16 bits per heavy atom. The van der Waals surface area contributed by atoms with Crippen LogP contribution >= 0.6 is 0 Å². The zero-order valence-corrected chi connectivity index (χ0v) is 19.2. The van der Waals surface area contributed by atoms with Crippen molar-refractivity contribution < 1.29 is 42.7 Å². The molecule has 0 unspecified atom stereocenters. The molecular formula is C21H41NO9. The van der Waals surface area contributed by atoms with Crippen molar-refractivity contribution in [1.82, 2.24) is 5.32 Å². The van der Waals surface area contributed by atoms with Crippen molar-refractivity contribution in [2.75, 3.05) is 113 Å². The van der Waals surface area contributed by atoms with Crippen LogP contribution < -0.4 is 5.32 Å². The molecule has 0 saturated heterocycles. The van der Waals surface area contributed by atoms with Crippen LogP contribution in [-0.2, 0) is 42.7 Å². The van der Waals surface area contributed by atoms with Gasteiger partial charge in [0.25, 0.3) is 0 Å². The first-order chi connectivity index (χ1) is 15.2. The van der Waals surface area contributed by atoms with Crippen molar-refractivity contribution in [3.63, 3.8) is 0 Å². The van der Waals surface area contributed by atoms with Crippen LogP contribution in [0.5, 0.6) is 0 Å². The molecule has 10 nitrogen and oxygen atoms in total. The third-order valence-corrected chi connectivity index (χ3v) is 3.54. The highest BCUT2D eigenvalue weighted by Gasteiger charge is 2.01. The van der Waals surface area contributed by atoms with Crippen LogP contribution in [0.1, 0.15) is 6.92 Å². The molecule has 0 atom stereocenters. The summed E-state index contributed by atoms with van der Waals surface area (Å²) in [5, 5.41) is 3.01. The van der Waals surface area contributed by atoms with Gasteiger partial charge in [-0.25, -0.2) is 4.79 Å². The van der Waals surface area contributed by atoms with Gasteiger partial charge in [-0.05, 0) is 14.0 Å². The van der Waals surface area contributed by atoms with E-state index in [1.54, 1.807) is 6.92 Å². The lowest BCUT2D eigenvalue weighted by Gasteiger charge is -2.08. The van der Waals surface area contributed by atoms with Crippen LogP contribution in [0.15, 0.2) is 12.2 Å². The van der Waals surface area contributed by atoms with Gasteiger partial charge in [0.05, 0.1) is 92.5 Å². The van der Waals surface area contributed by atoms with Gasteiger partial charge in [-0.2, -0.15) is 0 Å². The first-order valence-electron chi connectivity index (χ1n) is 10.7. The van der Waals surface area contributed by atoms with Crippen molar-refractivity contribution >= 4 is 5.97 Å². The quantitative estimate of drug-likeness (QED) is 0.119. The van der Waals surface area contributed by atoms with E-state index in [1.165, 1.54) is 0 Å². The van der Waals surface area contributed by atoms with Crippen molar-refractivity contribution in [3.8, 4) is 0 Å². The van der Waals surface area contributed by atoms with E-state index in [9.17, 15) is 4.79 Å². The van der Waals surface area contributed by atoms with Crippen LogP contribution in [-0.4, -0.2) is 119 Å². The maximum Gasteiger partial charge on any atom is 0.333 e. The average Bonchev–Trinajstić information content (AvgIpc) is 2.76. The Kier molecular flexibility index (Phi) is 24.3. The summed E-state index contributed by atoms with van der Waals surface area (Å²) in [6.45, 7) is 13.4. The van der Waals surface area contributed by atoms with E-state index in [0.29, 0.717) is 98.1 Å². The second kappa shape index (κ2) is 25.2. The summed E-state index contributed by atoms with van der Waals surface area (Å²) in [4.78, 5) is 11.1. The van der Waals surface area contributed by atoms with Gasteiger partial charge in [-0.1, -0.05) is 6.58 Å². The number of likely N-dealkylation sites (N-methyl/N-ethyl adjacent to an activating group) is 1. The van der Waals surface area contributed by atoms with Crippen molar-refractivity contribution in [2.24, 2.45) is 0 Å². The summed E-state index contributed by atoms with van der Waals surface area (Å²) >= 11 is 0. The van der Waals surface area contributed by atoms with Gasteiger partial charge in [-0.3, -0.25) is 0 Å². The number of rotatable bonds is 25. The molecule has 0 aromatic heterocycles. The summed E-state index contributed by atoms with van der Waals surface area (Å²) in [7, 11) is 1.89. The molecule has 0 aromatic rings. The van der Waals surface area contributed by atoms with Gasteiger partial charge in [0.15, 0.2) is 0 Å². The number of carbonyl (C=O) groups is 1. The predicted octanol–water partition coefficient (Wildman–Crippen LogP) is 0.441. The topological polar surface area (TPSA) is 103 Å². The van der Waals surface area contributed by atoms with E-state index in [-0.39, 0.29) is 6.61 Å². The Morgan fingerprint density at radius 1 is 0.581 bits per heavy atom. The van der Waals surface area contributed by atoms with E-state index in [4.69, 9.17) is 37.9 Å². The first-order valence-corrected chi connectivity index (χ1v) is 10.7. The Bertz CT molecular complexity index is 410. The SMILES string of the molecule is C=C(C)C(=O)OCCOCCOCCOCCOCCOCCOCCOCCNC. The van der Waals surface area contributed by atoms with Gasteiger partial charge in [0.2, 0.25) is 0 Å². The fraction of sp³-hybridized carbons (Fsp3) is 0.857. The summed E-state index contributed by atoms with van der Waals surface area (Å²) in [6, 6.07) is 0. The molecule has 0 saturated carbocycles. The molecule has 1 N–H and O–H groups in total. The zero-order chi connectivity index (χ0) is 22.8. The standard InChI is InChI=1S/C21H41NO9/c1-20(2)21(23)31-19-18-30-17-16-29-15-14-28-13-12-27-11-10-26-9-8-25-7-6-24-5-4-22-3/h22H,1,4-19H2,2-3H3. The average molecular weight is 452 g/mol. The van der Waals surface area contributed by atoms with Crippen molar-refractivity contribution in [2.45, 2.75) is 6.92 Å². The minimum atomic E-state index is -0.406. The number of hydrogen-bond acceptors (Lipinski definition) is 10. The lowest BCUT2D eigenvalue weighted by Crippen LogP contribution is -2.17. The zero-order valence-electron chi connectivity index (χ0n) is 19.2. The summed E-state index contributed by atoms with van der Waals surface area (Å²) in [6.07, 6.45) is 0. The maximum atomic E-state index is 11.1. The van der Waals surface area contributed by atoms with E-state index >= 15 is 0 Å². The van der Waals surface area contributed by atoms with Gasteiger partial charge >= 0.3 is 5.97 Å². The number of esters is 1. The van der Waals surface area contributed by atoms with Crippen molar-refractivity contribution in [1.29, 1.82) is 0 Å². The van der Waals surface area contributed by atoms with E-state index in [2.05, 4.69) is 11.9 Å². The molecule has 0 rings (SSSR count). The molecule has 0 aliphatic rings. The van der Waals surface area contributed by atoms with Gasteiger partial charge in [0.1, 0.15) is 6.61 Å². The second-order valence-electron chi connectivity index (χ2n) is 6.31. The van der Waals surface area contributed by atoms with Gasteiger partial charge in [0, 0.05) is 12.1 Å². The molecule has 184 valence electrons. The minimum Gasteiger partial charge on any atom is -0.460 e. The number of ether oxygens (including phenoxy) is 8. The Morgan fingerprint density at radius 2 is 0.871 bits per heavy atom. The molecule has 0 spiro atoms. The number of carbonyl (C=O) groups excluding carboxylic acids is 1. The molecule has 0 bridgehead atoms. The predicted molar refractivity (Wildman–Crippen MR) is 115 cm³/mol. The lowest BCUT2D eigenvalue weighted by molar-refractivity contribution is -0.140. The van der Waals surface area contributed by atoms with Crippen molar-refractivity contribution in [3.05, 3.63) is 12.2 Å². The normalized spacial score (nSPS) is 11.0. The fourth-order valence-corrected chi connectivity index (χ4v) is 1.91. The van der Waals surface area contributed by atoms with Crippen LogP contribution in [0, 0.1) is 0 Å². The molecule has 0 aliphatic heterocycles. The fourth-order valence-electron chi connectivity index (χ4n) is 1.91. The van der Waals surface area contributed by atoms with E-state index < -0.39 is 5.97 Å². The Hall–Kier alpha value is -1.11. The molecular weight excluding hydrogens is 410 g/mol.